The predicted octanol–water partition coefficient (Wildman–Crippen LogP) is 1.37. The average Bonchev–Trinajstić information content (AvgIpc) is 2.68. The van der Waals surface area contributed by atoms with E-state index in [1.807, 2.05) is 0 Å². The van der Waals surface area contributed by atoms with E-state index in [-0.39, 0.29) is 0 Å². The smallest absolute Gasteiger partial charge is 0.00795 e. The van der Waals surface area contributed by atoms with Crippen LogP contribution in [0.25, 0.3) is 0 Å². The first-order valence-electron chi connectivity index (χ1n) is 5.64. The fourth-order valence-corrected chi connectivity index (χ4v) is 2.14. The standard InChI is InChI=1S/C11H22N2/c1-9-10(3-6-13-9)7-12-8-11(2)4-5-11/h9-10,12-13H,3-8H2,1-2H3. The zero-order valence-electron chi connectivity index (χ0n) is 8.90. The maximum absolute atomic E-state index is 3.62. The van der Waals surface area contributed by atoms with Gasteiger partial charge in [0.25, 0.3) is 0 Å². The molecule has 2 unspecified atom stereocenters. The molecule has 1 aliphatic carbocycles. The summed E-state index contributed by atoms with van der Waals surface area (Å²) in [6.07, 6.45) is 4.21. The van der Waals surface area contributed by atoms with Crippen LogP contribution in [0.15, 0.2) is 0 Å². The summed E-state index contributed by atoms with van der Waals surface area (Å²) in [6.45, 7) is 8.35. The van der Waals surface area contributed by atoms with Gasteiger partial charge < -0.3 is 10.6 Å². The van der Waals surface area contributed by atoms with Gasteiger partial charge in [-0.05, 0) is 50.6 Å². The van der Waals surface area contributed by atoms with E-state index in [2.05, 4.69) is 24.5 Å². The maximum atomic E-state index is 3.62. The Labute approximate surface area is 81.5 Å². The molecule has 0 aromatic heterocycles. The first-order chi connectivity index (χ1) is 6.20. The van der Waals surface area contributed by atoms with Gasteiger partial charge in [-0.1, -0.05) is 6.92 Å². The Morgan fingerprint density at radius 3 is 2.77 bits per heavy atom. The second kappa shape index (κ2) is 3.58. The molecule has 2 atom stereocenters. The monoisotopic (exact) mass is 182 g/mol. The van der Waals surface area contributed by atoms with E-state index in [0.29, 0.717) is 5.41 Å². The van der Waals surface area contributed by atoms with Crippen LogP contribution in [-0.2, 0) is 0 Å². The van der Waals surface area contributed by atoms with Gasteiger partial charge in [-0.2, -0.15) is 0 Å². The molecule has 2 nitrogen and oxygen atoms in total. The normalized spacial score (nSPS) is 36.5. The molecule has 2 rings (SSSR count). The molecule has 2 heteroatoms. The highest BCUT2D eigenvalue weighted by atomic mass is 15.0. The van der Waals surface area contributed by atoms with Crippen molar-refractivity contribution in [3.8, 4) is 0 Å². The van der Waals surface area contributed by atoms with Crippen molar-refractivity contribution in [3.05, 3.63) is 0 Å². The summed E-state index contributed by atoms with van der Waals surface area (Å²) in [5.74, 6) is 0.863. The van der Waals surface area contributed by atoms with Crippen LogP contribution < -0.4 is 10.6 Å². The van der Waals surface area contributed by atoms with Crippen LogP contribution in [0.4, 0.5) is 0 Å². The first-order valence-corrected chi connectivity index (χ1v) is 5.64. The molecule has 1 aliphatic heterocycles. The Bertz CT molecular complexity index is 175. The van der Waals surface area contributed by atoms with Gasteiger partial charge in [-0.3, -0.25) is 0 Å². The van der Waals surface area contributed by atoms with Crippen LogP contribution in [0, 0.1) is 11.3 Å². The molecule has 0 amide bonds. The lowest BCUT2D eigenvalue weighted by molar-refractivity contribution is 0.408. The summed E-state index contributed by atoms with van der Waals surface area (Å²) >= 11 is 0. The van der Waals surface area contributed by atoms with Crippen LogP contribution in [0.5, 0.6) is 0 Å². The third kappa shape index (κ3) is 2.44. The largest absolute Gasteiger partial charge is 0.316 e. The number of hydrogen-bond acceptors (Lipinski definition) is 2. The SMILES string of the molecule is CC1NCCC1CNCC1(C)CC1. The van der Waals surface area contributed by atoms with E-state index < -0.39 is 0 Å². The molecule has 13 heavy (non-hydrogen) atoms. The maximum Gasteiger partial charge on any atom is 0.00795 e. The second-order valence-corrected chi connectivity index (χ2v) is 5.23. The van der Waals surface area contributed by atoms with Gasteiger partial charge in [0.1, 0.15) is 0 Å². The number of nitrogens with one attached hydrogen (secondary N) is 2. The summed E-state index contributed by atoms with van der Waals surface area (Å²) < 4.78 is 0. The lowest BCUT2D eigenvalue weighted by Gasteiger charge is -2.17. The van der Waals surface area contributed by atoms with Crippen molar-refractivity contribution in [3.63, 3.8) is 0 Å². The number of rotatable bonds is 4. The topological polar surface area (TPSA) is 24.1 Å². The van der Waals surface area contributed by atoms with Gasteiger partial charge in [0.05, 0.1) is 0 Å². The quantitative estimate of drug-likeness (QED) is 0.686. The molecule has 0 radical (unpaired) electrons. The van der Waals surface area contributed by atoms with Crippen molar-refractivity contribution in [2.24, 2.45) is 11.3 Å². The highest BCUT2D eigenvalue weighted by Crippen LogP contribution is 2.44. The zero-order valence-corrected chi connectivity index (χ0v) is 8.90. The zero-order chi connectivity index (χ0) is 9.31. The lowest BCUT2D eigenvalue weighted by atomic mass is 10.0. The predicted molar refractivity (Wildman–Crippen MR) is 55.8 cm³/mol. The summed E-state index contributed by atoms with van der Waals surface area (Å²) in [5.41, 5.74) is 0.662. The van der Waals surface area contributed by atoms with E-state index in [9.17, 15) is 0 Å². The van der Waals surface area contributed by atoms with Crippen LogP contribution in [0.1, 0.15) is 33.1 Å². The number of hydrogen-bond donors (Lipinski definition) is 2. The molecule has 0 bridgehead atoms. The molecule has 2 N–H and O–H groups in total. The van der Waals surface area contributed by atoms with Crippen LogP contribution in [0.3, 0.4) is 0 Å². The van der Waals surface area contributed by atoms with E-state index >= 15 is 0 Å². The van der Waals surface area contributed by atoms with Gasteiger partial charge in [-0.25, -0.2) is 0 Å². The highest BCUT2D eigenvalue weighted by Gasteiger charge is 2.36. The van der Waals surface area contributed by atoms with E-state index in [1.165, 1.54) is 38.9 Å². The van der Waals surface area contributed by atoms with Crippen LogP contribution >= 0.6 is 0 Å². The Morgan fingerprint density at radius 1 is 1.46 bits per heavy atom. The summed E-state index contributed by atoms with van der Waals surface area (Å²) in [6, 6.07) is 0.722. The Hall–Kier alpha value is -0.0800. The van der Waals surface area contributed by atoms with E-state index in [0.717, 1.165) is 12.0 Å². The molecule has 1 heterocycles. The van der Waals surface area contributed by atoms with Crippen molar-refractivity contribution >= 4 is 0 Å². The molecule has 2 fully saturated rings. The molecule has 0 aromatic carbocycles. The second-order valence-electron chi connectivity index (χ2n) is 5.23. The van der Waals surface area contributed by atoms with Crippen molar-refractivity contribution in [2.75, 3.05) is 19.6 Å². The molecular weight excluding hydrogens is 160 g/mol. The summed E-state index contributed by atoms with van der Waals surface area (Å²) in [4.78, 5) is 0. The molecule has 76 valence electrons. The van der Waals surface area contributed by atoms with Gasteiger partial charge in [0.2, 0.25) is 0 Å². The van der Waals surface area contributed by atoms with Gasteiger partial charge in [-0.15, -0.1) is 0 Å². The van der Waals surface area contributed by atoms with E-state index in [4.69, 9.17) is 0 Å². The molecule has 1 saturated heterocycles. The molecule has 0 aromatic rings. The van der Waals surface area contributed by atoms with Crippen molar-refractivity contribution in [2.45, 2.75) is 39.2 Å². The Kier molecular flexibility index (Phi) is 2.61. The summed E-state index contributed by atoms with van der Waals surface area (Å²) in [7, 11) is 0. The molecular formula is C11H22N2. The van der Waals surface area contributed by atoms with Crippen LogP contribution in [-0.4, -0.2) is 25.7 Å². The van der Waals surface area contributed by atoms with E-state index in [1.54, 1.807) is 0 Å². The summed E-state index contributed by atoms with van der Waals surface area (Å²) in [5, 5.41) is 7.11. The third-order valence-electron chi connectivity index (χ3n) is 3.75. The Balaban J connectivity index is 1.62. The fourth-order valence-electron chi connectivity index (χ4n) is 2.14. The van der Waals surface area contributed by atoms with Gasteiger partial charge >= 0.3 is 0 Å². The molecule has 2 aliphatic rings. The average molecular weight is 182 g/mol. The van der Waals surface area contributed by atoms with Crippen molar-refractivity contribution in [1.29, 1.82) is 0 Å². The molecule has 0 spiro atoms. The first kappa shape index (κ1) is 9.47. The molecule has 1 saturated carbocycles. The minimum atomic E-state index is 0.662. The van der Waals surface area contributed by atoms with Crippen molar-refractivity contribution in [1.82, 2.24) is 10.6 Å². The minimum absolute atomic E-state index is 0.662. The minimum Gasteiger partial charge on any atom is -0.316 e. The lowest BCUT2D eigenvalue weighted by Crippen LogP contribution is -2.33. The van der Waals surface area contributed by atoms with Gasteiger partial charge in [0, 0.05) is 12.6 Å². The highest BCUT2D eigenvalue weighted by molar-refractivity contribution is 4.91. The van der Waals surface area contributed by atoms with Crippen LogP contribution in [0.2, 0.25) is 0 Å². The third-order valence-corrected chi connectivity index (χ3v) is 3.75. The fraction of sp³-hybridized carbons (Fsp3) is 1.00. The van der Waals surface area contributed by atoms with Gasteiger partial charge in [0.15, 0.2) is 0 Å². The Morgan fingerprint density at radius 2 is 2.23 bits per heavy atom. The van der Waals surface area contributed by atoms with Crippen molar-refractivity contribution < 1.29 is 0 Å².